The fourth-order valence-electron chi connectivity index (χ4n) is 4.93. The van der Waals surface area contributed by atoms with E-state index in [9.17, 15) is 18.0 Å². The van der Waals surface area contributed by atoms with E-state index in [4.69, 9.17) is 4.74 Å². The molecule has 1 fully saturated rings. The summed E-state index contributed by atoms with van der Waals surface area (Å²) >= 11 is 0. The molecule has 0 spiro atoms. The third kappa shape index (κ3) is 7.72. The molecule has 8 nitrogen and oxygen atoms in total. The molecule has 3 rings (SSSR count). The predicted octanol–water partition coefficient (Wildman–Crippen LogP) is 4.33. The van der Waals surface area contributed by atoms with Crippen LogP contribution in [0.3, 0.4) is 0 Å². The molecule has 0 bridgehead atoms. The van der Waals surface area contributed by atoms with Gasteiger partial charge in [0.2, 0.25) is 21.8 Å². The number of carbonyl (C=O) groups excluding carboxylic acids is 2. The van der Waals surface area contributed by atoms with Gasteiger partial charge in [-0.3, -0.25) is 13.9 Å². The number of sulfonamides is 1. The van der Waals surface area contributed by atoms with Gasteiger partial charge in [0.05, 0.1) is 19.1 Å². The number of carbonyl (C=O) groups is 2. The first-order valence-electron chi connectivity index (χ1n) is 13.3. The van der Waals surface area contributed by atoms with Crippen LogP contribution in [-0.2, 0) is 26.2 Å². The van der Waals surface area contributed by atoms with Crippen molar-refractivity contribution in [2.24, 2.45) is 0 Å². The van der Waals surface area contributed by atoms with E-state index >= 15 is 0 Å². The maximum Gasteiger partial charge on any atom is 0.242 e. The molecule has 2 aromatic rings. The van der Waals surface area contributed by atoms with Crippen LogP contribution in [0.2, 0.25) is 0 Å². The van der Waals surface area contributed by atoms with Gasteiger partial charge in [-0.1, -0.05) is 37.1 Å². The molecule has 1 atom stereocenters. The second kappa shape index (κ2) is 13.1. The molecule has 0 heterocycles. The highest BCUT2D eigenvalue weighted by atomic mass is 32.2. The van der Waals surface area contributed by atoms with Crippen LogP contribution in [0.25, 0.3) is 0 Å². The number of aryl methyl sites for hydroxylation is 1. The van der Waals surface area contributed by atoms with Gasteiger partial charge in [-0.25, -0.2) is 8.42 Å². The van der Waals surface area contributed by atoms with Gasteiger partial charge in [-0.2, -0.15) is 0 Å². The zero-order chi connectivity index (χ0) is 27.9. The largest absolute Gasteiger partial charge is 0.497 e. The highest BCUT2D eigenvalue weighted by Gasteiger charge is 2.29. The maximum absolute atomic E-state index is 13.5. The summed E-state index contributed by atoms with van der Waals surface area (Å²) in [5.74, 6) is 0.313. The van der Waals surface area contributed by atoms with Crippen LogP contribution in [0.1, 0.15) is 62.1 Å². The molecule has 1 N–H and O–H groups in total. The number of benzene rings is 2. The molecule has 1 saturated carbocycles. The highest BCUT2D eigenvalue weighted by Crippen LogP contribution is 2.26. The van der Waals surface area contributed by atoms with Crippen molar-refractivity contribution >= 4 is 27.5 Å². The number of nitrogens with zero attached hydrogens (tertiary/aromatic N) is 2. The number of anilines is 1. The average molecular weight is 544 g/mol. The zero-order valence-electron chi connectivity index (χ0n) is 23.2. The maximum atomic E-state index is 13.5. The van der Waals surface area contributed by atoms with Crippen molar-refractivity contribution in [3.05, 3.63) is 59.2 Å². The van der Waals surface area contributed by atoms with E-state index in [1.165, 1.54) is 10.6 Å². The Morgan fingerprint density at radius 2 is 1.79 bits per heavy atom. The minimum absolute atomic E-state index is 0.113. The Morgan fingerprint density at radius 1 is 1.11 bits per heavy atom. The smallest absolute Gasteiger partial charge is 0.242 e. The van der Waals surface area contributed by atoms with E-state index in [0.717, 1.165) is 42.4 Å². The molecule has 0 aliphatic heterocycles. The Bertz CT molecular complexity index is 1220. The summed E-state index contributed by atoms with van der Waals surface area (Å²) in [6.07, 6.45) is 5.74. The van der Waals surface area contributed by atoms with Gasteiger partial charge in [-0.05, 0) is 74.9 Å². The summed E-state index contributed by atoms with van der Waals surface area (Å²) in [4.78, 5) is 28.2. The van der Waals surface area contributed by atoms with Crippen LogP contribution in [0.15, 0.2) is 42.5 Å². The van der Waals surface area contributed by atoms with E-state index in [0.29, 0.717) is 17.9 Å². The van der Waals surface area contributed by atoms with Crippen molar-refractivity contribution in [3.8, 4) is 5.75 Å². The summed E-state index contributed by atoms with van der Waals surface area (Å²) in [6.45, 7) is 6.01. The van der Waals surface area contributed by atoms with E-state index in [1.54, 1.807) is 25.0 Å². The molecule has 1 aliphatic rings. The highest BCUT2D eigenvalue weighted by molar-refractivity contribution is 7.92. The SMILES string of the molecule is COc1cccc(CN(C(=O)CCCN(c2cccc(C)c2C)S(C)(=O)=O)[C@@H](C)C(=O)NC2CCCC2)c1. The summed E-state index contributed by atoms with van der Waals surface area (Å²) in [5, 5.41) is 3.10. The minimum atomic E-state index is -3.54. The van der Waals surface area contributed by atoms with Crippen molar-refractivity contribution in [2.75, 3.05) is 24.2 Å². The first-order valence-corrected chi connectivity index (χ1v) is 15.1. The number of hydrogen-bond acceptors (Lipinski definition) is 5. The summed E-state index contributed by atoms with van der Waals surface area (Å²) in [7, 11) is -1.96. The van der Waals surface area contributed by atoms with Crippen LogP contribution in [0, 0.1) is 13.8 Å². The lowest BCUT2D eigenvalue weighted by Gasteiger charge is -2.30. The van der Waals surface area contributed by atoms with Gasteiger partial charge in [0, 0.05) is 25.6 Å². The molecule has 0 saturated heterocycles. The molecule has 0 aromatic heterocycles. The van der Waals surface area contributed by atoms with Crippen molar-refractivity contribution < 1.29 is 22.7 Å². The second-order valence-electron chi connectivity index (χ2n) is 10.2. The Kier molecular flexibility index (Phi) is 10.2. The third-order valence-corrected chi connectivity index (χ3v) is 8.53. The number of nitrogens with one attached hydrogen (secondary N) is 1. The zero-order valence-corrected chi connectivity index (χ0v) is 24.0. The average Bonchev–Trinajstić information content (AvgIpc) is 3.39. The first-order chi connectivity index (χ1) is 18.0. The monoisotopic (exact) mass is 543 g/mol. The van der Waals surface area contributed by atoms with Gasteiger partial charge in [0.25, 0.3) is 0 Å². The van der Waals surface area contributed by atoms with Crippen LogP contribution in [0.4, 0.5) is 5.69 Å². The normalized spacial score (nSPS) is 14.7. The molecule has 38 heavy (non-hydrogen) atoms. The van der Waals surface area contributed by atoms with Crippen LogP contribution < -0.4 is 14.4 Å². The quantitative estimate of drug-likeness (QED) is 0.430. The summed E-state index contributed by atoms with van der Waals surface area (Å²) in [5.41, 5.74) is 3.36. The third-order valence-electron chi connectivity index (χ3n) is 7.35. The summed E-state index contributed by atoms with van der Waals surface area (Å²) in [6, 6.07) is 12.5. The molecular formula is C29H41N3O5S. The van der Waals surface area contributed by atoms with Crippen LogP contribution >= 0.6 is 0 Å². The Morgan fingerprint density at radius 3 is 2.45 bits per heavy atom. The van der Waals surface area contributed by atoms with E-state index in [2.05, 4.69) is 5.32 Å². The number of rotatable bonds is 12. The van der Waals surface area contributed by atoms with Crippen molar-refractivity contribution in [2.45, 2.75) is 77.9 Å². The lowest BCUT2D eigenvalue weighted by atomic mass is 10.1. The minimum Gasteiger partial charge on any atom is -0.497 e. The number of methoxy groups -OCH3 is 1. The van der Waals surface area contributed by atoms with Gasteiger partial charge < -0.3 is 15.0 Å². The number of hydrogen-bond donors (Lipinski definition) is 1. The summed E-state index contributed by atoms with van der Waals surface area (Å²) < 4.78 is 32.0. The molecule has 2 aromatic carbocycles. The standard InChI is InChI=1S/C29H41N3O5S/c1-21-11-8-16-27(22(21)2)32(38(5,35)36)18-10-17-28(33)31(20-24-12-9-15-26(19-24)37-4)23(3)29(34)30-25-13-6-7-14-25/h8-9,11-12,15-16,19,23,25H,6-7,10,13-14,17-18,20H2,1-5H3,(H,30,34)/t23-/m0/s1. The van der Waals surface area contributed by atoms with Gasteiger partial charge in [0.15, 0.2) is 0 Å². The molecule has 0 radical (unpaired) electrons. The molecule has 1 aliphatic carbocycles. The second-order valence-corrected chi connectivity index (χ2v) is 12.1. The van der Waals surface area contributed by atoms with E-state index < -0.39 is 16.1 Å². The first kappa shape index (κ1) is 29.5. The van der Waals surface area contributed by atoms with Gasteiger partial charge >= 0.3 is 0 Å². The molecule has 2 amide bonds. The lowest BCUT2D eigenvalue weighted by molar-refractivity contribution is -0.141. The number of ether oxygens (including phenoxy) is 1. The fraction of sp³-hybridized carbons (Fsp3) is 0.517. The number of amides is 2. The molecule has 208 valence electrons. The Hall–Kier alpha value is -3.07. The Balaban J connectivity index is 1.75. The molecule has 0 unspecified atom stereocenters. The van der Waals surface area contributed by atoms with Crippen molar-refractivity contribution in [1.29, 1.82) is 0 Å². The van der Waals surface area contributed by atoms with E-state index in [-0.39, 0.29) is 37.4 Å². The predicted molar refractivity (Wildman–Crippen MR) is 151 cm³/mol. The van der Waals surface area contributed by atoms with Crippen molar-refractivity contribution in [1.82, 2.24) is 10.2 Å². The lowest BCUT2D eigenvalue weighted by Crippen LogP contribution is -2.49. The van der Waals surface area contributed by atoms with Gasteiger partial charge in [0.1, 0.15) is 11.8 Å². The van der Waals surface area contributed by atoms with E-state index in [1.807, 2.05) is 50.2 Å². The Labute approximate surface area is 227 Å². The van der Waals surface area contributed by atoms with Crippen LogP contribution in [0.5, 0.6) is 5.75 Å². The van der Waals surface area contributed by atoms with Gasteiger partial charge in [-0.15, -0.1) is 0 Å². The molecular weight excluding hydrogens is 502 g/mol. The van der Waals surface area contributed by atoms with Crippen LogP contribution in [-0.4, -0.2) is 57.1 Å². The molecule has 9 heteroatoms. The fourth-order valence-corrected chi connectivity index (χ4v) is 5.95. The van der Waals surface area contributed by atoms with Crippen molar-refractivity contribution in [3.63, 3.8) is 0 Å². The topological polar surface area (TPSA) is 96.0 Å².